The van der Waals surface area contributed by atoms with Gasteiger partial charge in [0.2, 0.25) is 0 Å². The van der Waals surface area contributed by atoms with E-state index < -0.39 is 0 Å². The lowest BCUT2D eigenvalue weighted by Crippen LogP contribution is -2.11. The molecule has 1 aliphatic heterocycles. The minimum absolute atomic E-state index is 0.210. The minimum atomic E-state index is 0.210. The second-order valence-electron chi connectivity index (χ2n) is 5.05. The van der Waals surface area contributed by atoms with Gasteiger partial charge in [0.05, 0.1) is 5.02 Å². The van der Waals surface area contributed by atoms with Crippen molar-refractivity contribution in [3.05, 3.63) is 58.9 Å². The van der Waals surface area contributed by atoms with Gasteiger partial charge in [0.15, 0.2) is 0 Å². The van der Waals surface area contributed by atoms with Crippen LogP contribution >= 0.6 is 11.6 Å². The number of anilines is 1. The Kier molecular flexibility index (Phi) is 3.70. The molecular formula is C16H15ClN2O. The number of para-hydroxylation sites is 1. The van der Waals surface area contributed by atoms with E-state index in [1.54, 1.807) is 18.5 Å². The van der Waals surface area contributed by atoms with E-state index in [4.69, 9.17) is 11.6 Å². The molecule has 3 nitrogen and oxygen atoms in total. The zero-order chi connectivity index (χ0) is 13.9. The first-order chi connectivity index (χ1) is 9.74. The van der Waals surface area contributed by atoms with Crippen molar-refractivity contribution < 1.29 is 4.79 Å². The van der Waals surface area contributed by atoms with Crippen molar-refractivity contribution in [2.24, 2.45) is 0 Å². The summed E-state index contributed by atoms with van der Waals surface area (Å²) in [6.45, 7) is 0.829. The number of fused-ring (bicyclic) bond motifs is 1. The van der Waals surface area contributed by atoms with Gasteiger partial charge in [0.1, 0.15) is 5.78 Å². The van der Waals surface area contributed by atoms with Crippen LogP contribution < -0.4 is 5.32 Å². The molecule has 0 aliphatic carbocycles. The third-order valence-corrected chi connectivity index (χ3v) is 4.00. The molecule has 0 amide bonds. The second-order valence-corrected chi connectivity index (χ2v) is 5.46. The van der Waals surface area contributed by atoms with Crippen molar-refractivity contribution in [2.75, 3.05) is 11.9 Å². The molecule has 0 saturated heterocycles. The number of carbonyl (C=O) groups is 1. The number of Topliss-reactive ketones (excluding diaryl/α,β-unsaturated/α-hetero) is 1. The summed E-state index contributed by atoms with van der Waals surface area (Å²) < 4.78 is 0. The van der Waals surface area contributed by atoms with Gasteiger partial charge in [-0.3, -0.25) is 9.78 Å². The van der Waals surface area contributed by atoms with E-state index in [0.717, 1.165) is 17.8 Å². The van der Waals surface area contributed by atoms with Crippen LogP contribution in [0.5, 0.6) is 0 Å². The molecule has 0 saturated carbocycles. The van der Waals surface area contributed by atoms with Gasteiger partial charge in [0.25, 0.3) is 0 Å². The van der Waals surface area contributed by atoms with Crippen LogP contribution in [0.3, 0.4) is 0 Å². The smallest absolute Gasteiger partial charge is 0.138 e. The van der Waals surface area contributed by atoms with Crippen LogP contribution in [0.25, 0.3) is 0 Å². The van der Waals surface area contributed by atoms with E-state index in [1.807, 2.05) is 12.1 Å². The molecular weight excluding hydrogens is 272 g/mol. The standard InChI is InChI=1S/C16H15ClN2O/c17-15-10-18-6-5-11(15)7-13(20)8-12-9-19-16-4-2-1-3-14(12)16/h1-6,10,12,19H,7-9H2. The fraction of sp³-hybridized carbons (Fsp3) is 0.250. The van der Waals surface area contributed by atoms with Crippen LogP contribution in [-0.2, 0) is 11.2 Å². The SMILES string of the molecule is O=C(Cc1ccncc1Cl)CC1CNc2ccccc21. The third kappa shape index (κ3) is 2.68. The topological polar surface area (TPSA) is 42.0 Å². The Bertz CT molecular complexity index is 642. The van der Waals surface area contributed by atoms with Crippen LogP contribution in [0.4, 0.5) is 5.69 Å². The monoisotopic (exact) mass is 286 g/mol. The number of nitrogens with one attached hydrogen (secondary N) is 1. The minimum Gasteiger partial charge on any atom is -0.384 e. The first-order valence-corrected chi connectivity index (χ1v) is 7.04. The number of pyridine rings is 1. The van der Waals surface area contributed by atoms with Crippen LogP contribution in [-0.4, -0.2) is 17.3 Å². The highest BCUT2D eigenvalue weighted by atomic mass is 35.5. The van der Waals surface area contributed by atoms with Gasteiger partial charge in [-0.2, -0.15) is 0 Å². The Labute approximate surface area is 123 Å². The maximum atomic E-state index is 12.2. The molecule has 1 unspecified atom stereocenters. The highest BCUT2D eigenvalue weighted by Gasteiger charge is 2.24. The fourth-order valence-corrected chi connectivity index (χ4v) is 2.83. The number of halogens is 1. The Morgan fingerprint density at radius 2 is 2.20 bits per heavy atom. The summed E-state index contributed by atoms with van der Waals surface area (Å²) in [5.74, 6) is 0.473. The molecule has 3 rings (SSSR count). The number of carbonyl (C=O) groups excluding carboxylic acids is 1. The van der Waals surface area contributed by atoms with E-state index in [2.05, 4.69) is 22.4 Å². The quantitative estimate of drug-likeness (QED) is 0.936. The lowest BCUT2D eigenvalue weighted by atomic mass is 9.94. The third-order valence-electron chi connectivity index (χ3n) is 3.66. The van der Waals surface area contributed by atoms with Gasteiger partial charge < -0.3 is 5.32 Å². The molecule has 20 heavy (non-hydrogen) atoms. The summed E-state index contributed by atoms with van der Waals surface area (Å²) in [5.41, 5.74) is 3.24. The summed E-state index contributed by atoms with van der Waals surface area (Å²) in [6.07, 6.45) is 4.17. The Hall–Kier alpha value is -1.87. The van der Waals surface area contributed by atoms with Crippen LogP contribution in [0.2, 0.25) is 5.02 Å². The van der Waals surface area contributed by atoms with Crippen LogP contribution in [0.1, 0.15) is 23.5 Å². The average molecular weight is 287 g/mol. The van der Waals surface area contributed by atoms with Crippen molar-refractivity contribution in [3.8, 4) is 0 Å². The van der Waals surface area contributed by atoms with Gasteiger partial charge in [-0.15, -0.1) is 0 Å². The van der Waals surface area contributed by atoms with Crippen molar-refractivity contribution >= 4 is 23.1 Å². The Morgan fingerprint density at radius 3 is 3.05 bits per heavy atom. The molecule has 1 atom stereocenters. The number of benzene rings is 1. The van der Waals surface area contributed by atoms with Crippen molar-refractivity contribution in [1.82, 2.24) is 4.98 Å². The summed E-state index contributed by atoms with van der Waals surface area (Å²) in [6, 6.07) is 9.98. The van der Waals surface area contributed by atoms with Crippen molar-refractivity contribution in [3.63, 3.8) is 0 Å². The summed E-state index contributed by atoms with van der Waals surface area (Å²) in [4.78, 5) is 16.2. The molecule has 1 aliphatic rings. The zero-order valence-corrected chi connectivity index (χ0v) is 11.7. The lowest BCUT2D eigenvalue weighted by molar-refractivity contribution is -0.118. The van der Waals surface area contributed by atoms with Gasteiger partial charge in [-0.25, -0.2) is 0 Å². The van der Waals surface area contributed by atoms with Gasteiger partial charge in [-0.05, 0) is 23.3 Å². The number of rotatable bonds is 4. The number of hydrogen-bond acceptors (Lipinski definition) is 3. The predicted octanol–water partition coefficient (Wildman–Crippen LogP) is 3.45. The molecule has 0 bridgehead atoms. The van der Waals surface area contributed by atoms with Gasteiger partial charge >= 0.3 is 0 Å². The summed E-state index contributed by atoms with van der Waals surface area (Å²) in [7, 11) is 0. The number of aromatic nitrogens is 1. The predicted molar refractivity (Wildman–Crippen MR) is 80.2 cm³/mol. The highest BCUT2D eigenvalue weighted by Crippen LogP contribution is 2.33. The molecule has 102 valence electrons. The average Bonchev–Trinajstić information content (AvgIpc) is 2.85. The molecule has 2 heterocycles. The van der Waals surface area contributed by atoms with Gasteiger partial charge in [-0.1, -0.05) is 29.8 Å². The largest absolute Gasteiger partial charge is 0.384 e. The molecule has 0 fully saturated rings. The Morgan fingerprint density at radius 1 is 1.35 bits per heavy atom. The van der Waals surface area contributed by atoms with E-state index in [-0.39, 0.29) is 11.7 Å². The first kappa shape index (κ1) is 13.1. The summed E-state index contributed by atoms with van der Waals surface area (Å²) in [5, 5.41) is 3.90. The normalized spacial score (nSPS) is 16.6. The van der Waals surface area contributed by atoms with E-state index in [1.165, 1.54) is 5.56 Å². The van der Waals surface area contributed by atoms with E-state index in [9.17, 15) is 4.79 Å². The molecule has 0 spiro atoms. The van der Waals surface area contributed by atoms with E-state index >= 15 is 0 Å². The molecule has 2 aromatic rings. The fourth-order valence-electron chi connectivity index (χ4n) is 2.65. The lowest BCUT2D eigenvalue weighted by Gasteiger charge is -2.09. The van der Waals surface area contributed by atoms with Crippen molar-refractivity contribution in [2.45, 2.75) is 18.8 Å². The second kappa shape index (κ2) is 5.63. The Balaban J connectivity index is 1.68. The maximum absolute atomic E-state index is 12.2. The number of ketones is 1. The molecule has 1 N–H and O–H groups in total. The van der Waals surface area contributed by atoms with E-state index in [0.29, 0.717) is 17.9 Å². The van der Waals surface area contributed by atoms with Gasteiger partial charge in [0, 0.05) is 43.4 Å². The maximum Gasteiger partial charge on any atom is 0.138 e. The molecule has 1 aromatic carbocycles. The van der Waals surface area contributed by atoms with Crippen LogP contribution in [0, 0.1) is 0 Å². The van der Waals surface area contributed by atoms with Crippen molar-refractivity contribution in [1.29, 1.82) is 0 Å². The number of hydrogen-bond donors (Lipinski definition) is 1. The molecule has 4 heteroatoms. The summed E-state index contributed by atoms with van der Waals surface area (Å²) >= 11 is 6.04. The number of nitrogens with zero attached hydrogens (tertiary/aromatic N) is 1. The molecule has 1 aromatic heterocycles. The molecule has 0 radical (unpaired) electrons. The first-order valence-electron chi connectivity index (χ1n) is 6.67. The highest BCUT2D eigenvalue weighted by molar-refractivity contribution is 6.31. The zero-order valence-electron chi connectivity index (χ0n) is 11.0. The van der Waals surface area contributed by atoms with Crippen LogP contribution in [0.15, 0.2) is 42.7 Å².